The van der Waals surface area contributed by atoms with E-state index in [0.29, 0.717) is 42.5 Å². The minimum Gasteiger partial charge on any atom is -0.465 e. The highest BCUT2D eigenvalue weighted by molar-refractivity contribution is 6.30. The van der Waals surface area contributed by atoms with E-state index >= 15 is 0 Å². The maximum Gasteiger partial charge on any atom is 0.407 e. The molecule has 7 nitrogen and oxygen atoms in total. The Labute approximate surface area is 203 Å². The van der Waals surface area contributed by atoms with Gasteiger partial charge in [0.05, 0.1) is 5.02 Å². The molecule has 9 heteroatoms. The molecule has 0 unspecified atom stereocenters. The number of benzene rings is 1. The molecule has 2 atom stereocenters. The lowest BCUT2D eigenvalue weighted by Crippen LogP contribution is -2.67. The number of carbonyl (C=O) groups is 2. The van der Waals surface area contributed by atoms with E-state index in [1.165, 1.54) is 11.9 Å². The lowest BCUT2D eigenvalue weighted by Gasteiger charge is -2.49. The Kier molecular flexibility index (Phi) is 6.58. The number of ketones is 1. The van der Waals surface area contributed by atoms with Crippen molar-refractivity contribution >= 4 is 40.9 Å². The Bertz CT molecular complexity index is 1030. The van der Waals surface area contributed by atoms with E-state index in [-0.39, 0.29) is 18.2 Å². The van der Waals surface area contributed by atoms with Crippen molar-refractivity contribution in [3.05, 3.63) is 58.2 Å². The molecular weight excluding hydrogens is 463 g/mol. The molecular formula is C24H28Cl2N4O3. The summed E-state index contributed by atoms with van der Waals surface area (Å²) in [4.78, 5) is 34.1. The normalized spacial score (nSPS) is 25.8. The Morgan fingerprint density at radius 1 is 1.09 bits per heavy atom. The predicted molar refractivity (Wildman–Crippen MR) is 129 cm³/mol. The fraction of sp³-hybridized carbons (Fsp3) is 0.458. The van der Waals surface area contributed by atoms with E-state index < -0.39 is 17.0 Å². The lowest BCUT2D eigenvalue weighted by atomic mass is 9.63. The van der Waals surface area contributed by atoms with Gasteiger partial charge in [0.2, 0.25) is 0 Å². The molecule has 1 aromatic heterocycles. The van der Waals surface area contributed by atoms with Crippen LogP contribution in [0.5, 0.6) is 0 Å². The fourth-order valence-corrected chi connectivity index (χ4v) is 5.67. The van der Waals surface area contributed by atoms with Crippen molar-refractivity contribution in [3.63, 3.8) is 0 Å². The summed E-state index contributed by atoms with van der Waals surface area (Å²) < 4.78 is 0. The number of likely N-dealkylation sites (N-methyl/N-ethyl adjacent to an activating group) is 1. The number of pyridine rings is 1. The maximum atomic E-state index is 14.2. The highest BCUT2D eigenvalue weighted by Crippen LogP contribution is 2.45. The summed E-state index contributed by atoms with van der Waals surface area (Å²) in [6, 6.07) is 11.0. The Balaban J connectivity index is 1.63. The lowest BCUT2D eigenvalue weighted by molar-refractivity contribution is -0.136. The van der Waals surface area contributed by atoms with Crippen molar-refractivity contribution in [1.82, 2.24) is 15.2 Å². The quantitative estimate of drug-likeness (QED) is 0.656. The standard InChI is InChI=1S/C24H28Cl2N4O3/c1-23(17-3-5-18(25)6-4-17)14-27-15-24(23,29(2)22(32)33)21(31)16-9-11-30(12-10-16)20-8-7-19(26)13-28-20/h3-8,13,16,27H,9-12,14-15H2,1-2H3,(H,32,33)/t23-,24-/m0/s1. The van der Waals surface area contributed by atoms with Gasteiger partial charge in [-0.3, -0.25) is 9.69 Å². The zero-order chi connectivity index (χ0) is 23.8. The van der Waals surface area contributed by atoms with Crippen LogP contribution < -0.4 is 10.2 Å². The van der Waals surface area contributed by atoms with Crippen LogP contribution in [0.15, 0.2) is 42.6 Å². The molecule has 0 saturated carbocycles. The largest absolute Gasteiger partial charge is 0.465 e. The number of halogens is 2. The van der Waals surface area contributed by atoms with Crippen molar-refractivity contribution in [2.24, 2.45) is 5.92 Å². The number of nitrogens with zero attached hydrogens (tertiary/aromatic N) is 3. The van der Waals surface area contributed by atoms with Gasteiger partial charge < -0.3 is 15.3 Å². The average molecular weight is 491 g/mol. The number of hydrogen-bond acceptors (Lipinski definition) is 5. The van der Waals surface area contributed by atoms with E-state index in [2.05, 4.69) is 15.2 Å². The summed E-state index contributed by atoms with van der Waals surface area (Å²) in [5.41, 5.74) is -1.07. The minimum atomic E-state index is -1.22. The minimum absolute atomic E-state index is 0.0291. The molecule has 2 fully saturated rings. The molecule has 2 aliphatic rings. The average Bonchev–Trinajstić information content (AvgIpc) is 3.17. The molecule has 3 heterocycles. The molecule has 1 amide bonds. The van der Waals surface area contributed by atoms with Gasteiger partial charge in [0.1, 0.15) is 11.4 Å². The predicted octanol–water partition coefficient (Wildman–Crippen LogP) is 4.08. The van der Waals surface area contributed by atoms with Crippen LogP contribution in [0.3, 0.4) is 0 Å². The van der Waals surface area contributed by atoms with Crippen LogP contribution in [0.4, 0.5) is 10.6 Å². The SMILES string of the molecule is CN(C(=O)O)[C@]1(C(=O)C2CCN(c3ccc(Cl)cn3)CC2)CNC[C@@]1(C)c1ccc(Cl)cc1. The molecule has 176 valence electrons. The molecule has 33 heavy (non-hydrogen) atoms. The van der Waals surface area contributed by atoms with Crippen molar-refractivity contribution in [2.45, 2.75) is 30.7 Å². The first-order chi connectivity index (χ1) is 15.7. The van der Waals surface area contributed by atoms with E-state index in [1.54, 1.807) is 24.4 Å². The number of amides is 1. The van der Waals surface area contributed by atoms with Crippen molar-refractivity contribution < 1.29 is 14.7 Å². The van der Waals surface area contributed by atoms with Gasteiger partial charge in [-0.05, 0) is 42.7 Å². The second-order valence-electron chi connectivity index (χ2n) is 9.10. The van der Waals surface area contributed by atoms with E-state index in [9.17, 15) is 14.7 Å². The first-order valence-electron chi connectivity index (χ1n) is 11.0. The number of aromatic nitrogens is 1. The highest BCUT2D eigenvalue weighted by atomic mass is 35.5. The first kappa shape index (κ1) is 23.8. The summed E-state index contributed by atoms with van der Waals surface area (Å²) in [6.45, 7) is 4.07. The molecule has 0 spiro atoms. The topological polar surface area (TPSA) is 85.8 Å². The first-order valence-corrected chi connectivity index (χ1v) is 11.8. The van der Waals surface area contributed by atoms with E-state index in [1.807, 2.05) is 25.1 Å². The summed E-state index contributed by atoms with van der Waals surface area (Å²) in [6.07, 6.45) is 1.77. The zero-order valence-corrected chi connectivity index (χ0v) is 20.2. The molecule has 1 aromatic carbocycles. The van der Waals surface area contributed by atoms with Gasteiger partial charge in [-0.25, -0.2) is 9.78 Å². The molecule has 0 radical (unpaired) electrons. The molecule has 2 aliphatic heterocycles. The van der Waals surface area contributed by atoms with Gasteiger partial charge in [-0.2, -0.15) is 0 Å². The van der Waals surface area contributed by atoms with Crippen molar-refractivity contribution in [3.8, 4) is 0 Å². The smallest absolute Gasteiger partial charge is 0.407 e. The second-order valence-corrected chi connectivity index (χ2v) is 9.98. The fourth-order valence-electron chi connectivity index (χ4n) is 5.43. The van der Waals surface area contributed by atoms with Crippen LogP contribution in [0.1, 0.15) is 25.3 Å². The van der Waals surface area contributed by atoms with Gasteiger partial charge in [0.15, 0.2) is 5.78 Å². The van der Waals surface area contributed by atoms with Gasteiger partial charge >= 0.3 is 6.09 Å². The number of piperidine rings is 1. The number of hydrogen-bond donors (Lipinski definition) is 2. The highest BCUT2D eigenvalue weighted by Gasteiger charge is 2.62. The number of nitrogens with one attached hydrogen (secondary N) is 1. The van der Waals surface area contributed by atoms with Gasteiger partial charge in [0, 0.05) is 55.8 Å². The number of Topliss-reactive ketones (excluding diaryl/α,β-unsaturated/α-hetero) is 1. The molecule has 0 bridgehead atoms. The Morgan fingerprint density at radius 3 is 2.30 bits per heavy atom. The van der Waals surface area contributed by atoms with Gasteiger partial charge in [-0.1, -0.05) is 42.3 Å². The third kappa shape index (κ3) is 4.07. The van der Waals surface area contributed by atoms with Crippen LogP contribution in [0, 0.1) is 5.92 Å². The second kappa shape index (κ2) is 9.12. The third-order valence-corrected chi connectivity index (χ3v) is 7.90. The van der Waals surface area contributed by atoms with E-state index in [4.69, 9.17) is 23.2 Å². The molecule has 0 aliphatic carbocycles. The number of rotatable bonds is 5. The van der Waals surface area contributed by atoms with Crippen LogP contribution >= 0.6 is 23.2 Å². The number of carbonyl (C=O) groups excluding carboxylic acids is 1. The summed E-state index contributed by atoms with van der Waals surface area (Å²) in [5.74, 6) is 0.552. The van der Waals surface area contributed by atoms with Crippen LogP contribution in [-0.2, 0) is 10.2 Å². The number of carboxylic acid groups (broad SMARTS) is 1. The van der Waals surface area contributed by atoms with Crippen LogP contribution in [0.25, 0.3) is 0 Å². The monoisotopic (exact) mass is 490 g/mol. The maximum absolute atomic E-state index is 14.2. The summed E-state index contributed by atoms with van der Waals surface area (Å²) in [5, 5.41) is 14.5. The van der Waals surface area contributed by atoms with Gasteiger partial charge in [-0.15, -0.1) is 0 Å². The van der Waals surface area contributed by atoms with E-state index in [0.717, 1.165) is 11.4 Å². The van der Waals surface area contributed by atoms with Crippen molar-refractivity contribution in [1.29, 1.82) is 0 Å². The number of anilines is 1. The molecule has 4 rings (SSSR count). The van der Waals surface area contributed by atoms with Crippen LogP contribution in [0.2, 0.25) is 10.0 Å². The van der Waals surface area contributed by atoms with Crippen molar-refractivity contribution in [2.75, 3.05) is 38.1 Å². The third-order valence-electron chi connectivity index (χ3n) is 7.42. The Morgan fingerprint density at radius 2 is 1.73 bits per heavy atom. The van der Waals surface area contributed by atoms with Crippen LogP contribution in [-0.4, -0.2) is 65.6 Å². The zero-order valence-electron chi connectivity index (χ0n) is 18.7. The molecule has 2 saturated heterocycles. The molecule has 2 N–H and O–H groups in total. The summed E-state index contributed by atoms with van der Waals surface area (Å²) >= 11 is 12.1. The summed E-state index contributed by atoms with van der Waals surface area (Å²) in [7, 11) is 1.51. The molecule has 2 aromatic rings. The van der Waals surface area contributed by atoms with Gasteiger partial charge in [0.25, 0.3) is 0 Å². The Hall–Kier alpha value is -2.35.